The molecule has 0 spiro atoms. The maximum atomic E-state index is 8.74. The van der Waals surface area contributed by atoms with Crippen molar-refractivity contribution in [2.24, 2.45) is 0 Å². The predicted molar refractivity (Wildman–Crippen MR) is 275 cm³/mol. The van der Waals surface area contributed by atoms with Crippen LogP contribution in [-0.2, 0) is 71.1 Å². The summed E-state index contributed by atoms with van der Waals surface area (Å²) in [6.45, 7) is 31.6. The summed E-state index contributed by atoms with van der Waals surface area (Å²) in [4.78, 5) is 8.00. The maximum absolute atomic E-state index is 8.74. The van der Waals surface area contributed by atoms with E-state index in [-0.39, 0.29) is 80.9 Å². The number of benzene rings is 1. The molecule has 0 saturated heterocycles. The number of carbonyl (C=O) groups is 1. The molecule has 1 aromatic carbocycles. The van der Waals surface area contributed by atoms with Crippen molar-refractivity contribution in [3.63, 3.8) is 0 Å². The highest BCUT2D eigenvalue weighted by Crippen LogP contribution is 2.09. The number of aliphatic hydroxyl groups is 3. The zero-order valence-corrected chi connectivity index (χ0v) is 45.5. The van der Waals surface area contributed by atoms with Gasteiger partial charge in [0.25, 0.3) is 0 Å². The average Bonchev–Trinajstić information content (AvgIpc) is 3.37. The summed E-state index contributed by atoms with van der Waals surface area (Å²) in [5.41, 5.74) is 1.13. The van der Waals surface area contributed by atoms with E-state index in [4.69, 9.17) is 86.4 Å². The zero-order chi connectivity index (χ0) is 53.2. The predicted octanol–water partition coefficient (Wildman–Crippen LogP) is 5.16. The lowest BCUT2D eigenvalue weighted by atomic mass is 10.2. The molecule has 0 aliphatic carbocycles. The summed E-state index contributed by atoms with van der Waals surface area (Å²) < 4.78 is 78.8. The van der Waals surface area contributed by atoms with Crippen molar-refractivity contribution in [1.29, 1.82) is 0 Å². The third kappa shape index (κ3) is 51.3. The number of carbonyl (C=O) groups excluding carboxylic acids is 1. The topological polar surface area (TPSA) is 219 Å². The molecule has 0 aliphatic rings. The van der Waals surface area contributed by atoms with Crippen molar-refractivity contribution in [2.45, 2.75) is 150 Å². The normalized spacial score (nSPS) is 15.7. The number of para-hydroxylation sites is 1. The van der Waals surface area contributed by atoms with Gasteiger partial charge in [0.05, 0.1) is 193 Å². The van der Waals surface area contributed by atoms with E-state index in [0.29, 0.717) is 119 Å². The van der Waals surface area contributed by atoms with Crippen LogP contribution in [-0.4, -0.2) is 228 Å². The molecule has 0 heterocycles. The summed E-state index contributed by atoms with van der Waals surface area (Å²) >= 11 is 0. The van der Waals surface area contributed by atoms with Crippen LogP contribution in [0.4, 0.5) is 5.69 Å². The Morgan fingerprint density at radius 2 is 0.690 bits per heavy atom. The largest absolute Gasteiger partial charge is 0.394 e. The molecule has 0 aromatic heterocycles. The first-order valence-corrected chi connectivity index (χ1v) is 25.7. The summed E-state index contributed by atoms with van der Waals surface area (Å²) in [7, 11) is 0. The zero-order valence-electron chi connectivity index (χ0n) is 45.5. The molecule has 1 aromatic rings. The Morgan fingerprint density at radius 1 is 0.366 bits per heavy atom. The molecular weight excluding hydrogens is 927 g/mol. The fourth-order valence-corrected chi connectivity index (χ4v) is 5.77. The SMILES string of the molecule is C=O.CC(CCCOCC(C)OCC(C)OCCOCCO)OCC(C)OCC(C)OCCO.CC(CCNc1ccccc1)OCC(C)OCC(C)OCC(C)OCC(C)OCCOCCOCCO. The van der Waals surface area contributed by atoms with Gasteiger partial charge in [-0.15, -0.1) is 0 Å². The highest BCUT2D eigenvalue weighted by atomic mass is 16.6. The number of nitrogens with one attached hydrogen (secondary N) is 1. The van der Waals surface area contributed by atoms with Gasteiger partial charge in [0, 0.05) is 18.8 Å². The Labute approximate surface area is 428 Å². The van der Waals surface area contributed by atoms with Crippen LogP contribution in [0.3, 0.4) is 0 Å². The second kappa shape index (κ2) is 52.9. The number of ether oxygens (including phenoxy) is 14. The standard InChI is InChI=1S/C28H51NO8.C23H48O9.CH2O/c1-23(11-12-29-28-9-7-6-8-10-28)34-20-25(3)36-22-27(5)37-21-26(4)35-19-24(2)33-18-17-32-16-15-31-14-13-30;1-19(30-18-23(5)32-16-21(3)28-12-9-25)7-6-10-27-15-20(2)31-17-22(4)29-14-13-26-11-8-24;1-2/h6-10,23-27,29-30H,11-22H2,1-5H3;19-25H,6-18H2,1-5H3;1H2. The molecule has 19 nitrogen and oxygen atoms in total. The molecule has 0 fully saturated rings. The molecule has 0 bridgehead atoms. The molecule has 0 saturated carbocycles. The monoisotopic (exact) mass is 1030 g/mol. The second-order valence-corrected chi connectivity index (χ2v) is 17.4. The van der Waals surface area contributed by atoms with Gasteiger partial charge in [0.1, 0.15) is 6.79 Å². The molecule has 71 heavy (non-hydrogen) atoms. The Kier molecular flexibility index (Phi) is 52.9. The molecule has 0 aliphatic heterocycles. The minimum atomic E-state index is -0.0433. The van der Waals surface area contributed by atoms with Crippen molar-refractivity contribution in [1.82, 2.24) is 0 Å². The van der Waals surface area contributed by atoms with E-state index in [2.05, 4.69) is 31.3 Å². The molecule has 422 valence electrons. The van der Waals surface area contributed by atoms with Crippen molar-refractivity contribution >= 4 is 12.5 Å². The van der Waals surface area contributed by atoms with Crippen molar-refractivity contribution in [3.05, 3.63) is 30.3 Å². The average molecular weight is 1030 g/mol. The Bertz CT molecular complexity index is 1200. The molecule has 0 amide bonds. The van der Waals surface area contributed by atoms with Gasteiger partial charge in [-0.1, -0.05) is 18.2 Å². The number of hydrogen-bond donors (Lipinski definition) is 4. The first kappa shape index (κ1) is 71.1. The first-order valence-electron chi connectivity index (χ1n) is 25.7. The van der Waals surface area contributed by atoms with E-state index in [9.17, 15) is 0 Å². The first-order chi connectivity index (χ1) is 34.3. The number of anilines is 1. The summed E-state index contributed by atoms with van der Waals surface area (Å²) in [6, 6.07) is 10.2. The van der Waals surface area contributed by atoms with Crippen LogP contribution in [0.2, 0.25) is 0 Å². The van der Waals surface area contributed by atoms with Gasteiger partial charge in [-0.25, -0.2) is 0 Å². The van der Waals surface area contributed by atoms with E-state index in [1.165, 1.54) is 0 Å². The molecule has 0 radical (unpaired) electrons. The minimum Gasteiger partial charge on any atom is -0.394 e. The summed E-state index contributed by atoms with van der Waals surface area (Å²) in [6.07, 6.45) is 2.89. The van der Waals surface area contributed by atoms with E-state index in [0.717, 1.165) is 31.5 Å². The Morgan fingerprint density at radius 3 is 1.10 bits per heavy atom. The number of rotatable bonds is 49. The van der Waals surface area contributed by atoms with E-state index >= 15 is 0 Å². The van der Waals surface area contributed by atoms with Gasteiger partial charge in [-0.2, -0.15) is 0 Å². The second-order valence-electron chi connectivity index (χ2n) is 17.4. The van der Waals surface area contributed by atoms with E-state index < -0.39 is 0 Å². The highest BCUT2D eigenvalue weighted by Gasteiger charge is 2.14. The van der Waals surface area contributed by atoms with Gasteiger partial charge < -0.3 is 91.7 Å². The highest BCUT2D eigenvalue weighted by molar-refractivity contribution is 5.42. The fraction of sp³-hybridized carbons (Fsp3) is 0.865. The fourth-order valence-electron chi connectivity index (χ4n) is 5.77. The van der Waals surface area contributed by atoms with Crippen molar-refractivity contribution < 1.29 is 86.4 Å². The molecule has 4 N–H and O–H groups in total. The molecule has 10 unspecified atom stereocenters. The molecule has 10 atom stereocenters. The lowest BCUT2D eigenvalue weighted by Crippen LogP contribution is -2.29. The van der Waals surface area contributed by atoms with Crippen LogP contribution in [0.25, 0.3) is 0 Å². The molecule has 19 heteroatoms. The van der Waals surface area contributed by atoms with Crippen LogP contribution >= 0.6 is 0 Å². The van der Waals surface area contributed by atoms with Gasteiger partial charge in [0.15, 0.2) is 0 Å². The van der Waals surface area contributed by atoms with Crippen molar-refractivity contribution in [2.75, 3.05) is 151 Å². The lowest BCUT2D eigenvalue weighted by Gasteiger charge is -2.22. The molecule has 1 rings (SSSR count). The van der Waals surface area contributed by atoms with Gasteiger partial charge in [-0.05, 0) is 101 Å². The third-order valence-electron chi connectivity index (χ3n) is 9.81. The van der Waals surface area contributed by atoms with Crippen LogP contribution in [0.1, 0.15) is 88.5 Å². The van der Waals surface area contributed by atoms with Gasteiger partial charge in [0.2, 0.25) is 0 Å². The van der Waals surface area contributed by atoms with Gasteiger partial charge >= 0.3 is 0 Å². The quantitative estimate of drug-likeness (QED) is 0.0619. The van der Waals surface area contributed by atoms with Crippen LogP contribution in [0.15, 0.2) is 30.3 Å². The lowest BCUT2D eigenvalue weighted by molar-refractivity contribution is -0.0980. The Balaban J connectivity index is 0. The van der Waals surface area contributed by atoms with E-state index in [1.54, 1.807) is 0 Å². The Hall–Kier alpha value is -1.99. The smallest absolute Gasteiger partial charge is 0.106 e. The van der Waals surface area contributed by atoms with Crippen LogP contribution < -0.4 is 5.32 Å². The van der Waals surface area contributed by atoms with Gasteiger partial charge in [-0.3, -0.25) is 0 Å². The van der Waals surface area contributed by atoms with E-state index in [1.807, 2.05) is 80.4 Å². The maximum Gasteiger partial charge on any atom is 0.106 e. The minimum absolute atomic E-state index is 0.000648. The number of hydrogen-bond acceptors (Lipinski definition) is 19. The summed E-state index contributed by atoms with van der Waals surface area (Å²) in [5, 5.41) is 29.4. The molecular formula is C52H101NO18. The van der Waals surface area contributed by atoms with Crippen LogP contribution in [0.5, 0.6) is 0 Å². The third-order valence-corrected chi connectivity index (χ3v) is 9.81. The summed E-state index contributed by atoms with van der Waals surface area (Å²) in [5.74, 6) is 0. The number of aliphatic hydroxyl groups excluding tert-OH is 3. The van der Waals surface area contributed by atoms with Crippen LogP contribution in [0, 0.1) is 0 Å². The van der Waals surface area contributed by atoms with Crippen molar-refractivity contribution in [3.8, 4) is 0 Å².